The van der Waals surface area contributed by atoms with E-state index in [-0.39, 0.29) is 6.61 Å². The van der Waals surface area contributed by atoms with Crippen LogP contribution >= 0.6 is 0 Å². The first-order valence-electron chi connectivity index (χ1n) is 8.66. The van der Waals surface area contributed by atoms with Gasteiger partial charge >= 0.3 is 6.09 Å². The second-order valence-corrected chi connectivity index (χ2v) is 6.20. The molecule has 1 aliphatic heterocycles. The van der Waals surface area contributed by atoms with E-state index in [0.717, 1.165) is 5.56 Å². The van der Waals surface area contributed by atoms with Gasteiger partial charge in [0.2, 0.25) is 0 Å². The van der Waals surface area contributed by atoms with Gasteiger partial charge in [0.15, 0.2) is 12.4 Å². The third-order valence-electron chi connectivity index (χ3n) is 4.34. The predicted molar refractivity (Wildman–Crippen MR) is 96.3 cm³/mol. The van der Waals surface area contributed by atoms with Gasteiger partial charge in [-0.3, -0.25) is 5.32 Å². The molecule has 0 aliphatic carbocycles. The Morgan fingerprint density at radius 2 is 1.73 bits per heavy atom. The van der Waals surface area contributed by atoms with Crippen molar-refractivity contribution in [3.63, 3.8) is 0 Å². The minimum atomic E-state index is -0.798. The first-order valence-corrected chi connectivity index (χ1v) is 8.66. The zero-order chi connectivity index (χ0) is 18.4. The fraction of sp³-hybridized carbons (Fsp3) is 0.350. The fourth-order valence-electron chi connectivity index (χ4n) is 2.78. The molecular weight excluding hydrogens is 334 g/mol. The Morgan fingerprint density at radius 1 is 1.08 bits per heavy atom. The van der Waals surface area contributed by atoms with E-state index in [1.54, 1.807) is 12.1 Å². The quantitative estimate of drug-likeness (QED) is 0.811. The van der Waals surface area contributed by atoms with Gasteiger partial charge in [-0.1, -0.05) is 55.5 Å². The predicted octanol–water partition coefficient (Wildman–Crippen LogP) is 4.23. The molecule has 0 aromatic heterocycles. The molecule has 0 bridgehead atoms. The number of carbonyl (C=O) groups is 1. The molecule has 1 heterocycles. The molecule has 3 unspecified atom stereocenters. The van der Waals surface area contributed by atoms with Crippen molar-refractivity contribution in [3.05, 3.63) is 66.2 Å². The number of para-hydroxylation sites is 1. The van der Waals surface area contributed by atoms with E-state index in [4.69, 9.17) is 19.2 Å². The molecule has 3 atom stereocenters. The van der Waals surface area contributed by atoms with Gasteiger partial charge in [-0.05, 0) is 31.0 Å². The number of nitrogens with one attached hydrogen (secondary N) is 1. The fourth-order valence-corrected chi connectivity index (χ4v) is 2.78. The summed E-state index contributed by atoms with van der Waals surface area (Å²) in [5.41, 5.74) is 0.790. The van der Waals surface area contributed by atoms with Crippen LogP contribution in [0.25, 0.3) is 0 Å². The lowest BCUT2D eigenvalue weighted by molar-refractivity contribution is -0.483. The van der Waals surface area contributed by atoms with E-state index in [2.05, 4.69) is 5.32 Å². The molecule has 1 amide bonds. The summed E-state index contributed by atoms with van der Waals surface area (Å²) in [4.78, 5) is 22.8. The van der Waals surface area contributed by atoms with Crippen LogP contribution in [0, 0.1) is 0 Å². The van der Waals surface area contributed by atoms with Crippen LogP contribution in [0.1, 0.15) is 25.8 Å². The van der Waals surface area contributed by atoms with Gasteiger partial charge in [0.1, 0.15) is 12.2 Å². The largest absolute Gasteiger partial charge is 0.446 e. The van der Waals surface area contributed by atoms with Crippen molar-refractivity contribution in [1.82, 2.24) is 0 Å². The van der Waals surface area contributed by atoms with Gasteiger partial charge in [0.25, 0.3) is 0 Å². The van der Waals surface area contributed by atoms with Crippen molar-refractivity contribution >= 4 is 11.8 Å². The zero-order valence-electron chi connectivity index (χ0n) is 14.9. The molecule has 6 heteroatoms. The lowest BCUT2D eigenvalue weighted by Gasteiger charge is -2.43. The van der Waals surface area contributed by atoms with Crippen LogP contribution in [0.2, 0.25) is 0 Å². The van der Waals surface area contributed by atoms with Crippen LogP contribution in [0.3, 0.4) is 0 Å². The van der Waals surface area contributed by atoms with Gasteiger partial charge in [0, 0.05) is 5.69 Å². The number of anilines is 1. The van der Waals surface area contributed by atoms with Crippen LogP contribution in [0.15, 0.2) is 60.7 Å². The maximum absolute atomic E-state index is 12.1. The average Bonchev–Trinajstić information content (AvgIpc) is 2.68. The molecular formula is C20H23NO5. The summed E-state index contributed by atoms with van der Waals surface area (Å²) in [5.74, 6) is 0. The number of benzene rings is 2. The van der Waals surface area contributed by atoms with E-state index in [1.807, 2.05) is 62.4 Å². The molecule has 0 spiro atoms. The maximum atomic E-state index is 12.1. The molecule has 6 nitrogen and oxygen atoms in total. The number of hydrogen-bond donors (Lipinski definition) is 1. The first-order chi connectivity index (χ1) is 12.6. The maximum Gasteiger partial charge on any atom is 0.411 e. The molecule has 26 heavy (non-hydrogen) atoms. The number of carbonyl (C=O) groups excluding carboxylic acids is 1. The van der Waals surface area contributed by atoms with Gasteiger partial charge in [-0.25, -0.2) is 14.6 Å². The van der Waals surface area contributed by atoms with Crippen LogP contribution in [-0.4, -0.2) is 25.1 Å². The summed E-state index contributed by atoms with van der Waals surface area (Å²) in [6.45, 7) is 3.85. The van der Waals surface area contributed by atoms with Crippen molar-refractivity contribution in [2.24, 2.45) is 0 Å². The lowest BCUT2D eigenvalue weighted by atomic mass is 9.89. The Kier molecular flexibility index (Phi) is 5.88. The first kappa shape index (κ1) is 18.4. The number of amides is 1. The average molecular weight is 357 g/mol. The Morgan fingerprint density at radius 3 is 2.38 bits per heavy atom. The number of rotatable bonds is 5. The Balaban J connectivity index is 1.67. The zero-order valence-corrected chi connectivity index (χ0v) is 14.9. The third-order valence-corrected chi connectivity index (χ3v) is 4.34. The van der Waals surface area contributed by atoms with E-state index < -0.39 is 24.1 Å². The highest BCUT2D eigenvalue weighted by Gasteiger charge is 2.45. The summed E-state index contributed by atoms with van der Waals surface area (Å²) in [6, 6.07) is 18.8. The summed E-state index contributed by atoms with van der Waals surface area (Å²) < 4.78 is 11.4. The van der Waals surface area contributed by atoms with Gasteiger partial charge in [-0.15, -0.1) is 0 Å². The summed E-state index contributed by atoms with van der Waals surface area (Å²) in [7, 11) is 0. The molecule has 1 N–H and O–H groups in total. The van der Waals surface area contributed by atoms with Gasteiger partial charge in [-0.2, -0.15) is 0 Å². The van der Waals surface area contributed by atoms with Crippen molar-refractivity contribution in [2.75, 3.05) is 11.9 Å². The summed E-state index contributed by atoms with van der Waals surface area (Å²) in [5, 5.41) is 2.67. The molecule has 2 aromatic rings. The molecule has 1 fully saturated rings. The van der Waals surface area contributed by atoms with E-state index >= 15 is 0 Å². The Hall–Kier alpha value is -2.41. The molecule has 3 rings (SSSR count). The van der Waals surface area contributed by atoms with Gasteiger partial charge in [0.05, 0.1) is 0 Å². The number of hydrogen-bond acceptors (Lipinski definition) is 5. The van der Waals surface area contributed by atoms with E-state index in [9.17, 15) is 4.79 Å². The van der Waals surface area contributed by atoms with Crippen molar-refractivity contribution in [1.29, 1.82) is 0 Å². The minimum Gasteiger partial charge on any atom is -0.446 e. The SMILES string of the molecule is CCC1OOC(COC(=O)Nc2ccccc2)C(C)(c2ccccc2)O1. The van der Waals surface area contributed by atoms with Crippen molar-refractivity contribution in [3.8, 4) is 0 Å². The Labute approximate surface area is 152 Å². The Bertz CT molecular complexity index is 709. The topological polar surface area (TPSA) is 66.0 Å². The number of ether oxygens (including phenoxy) is 2. The second-order valence-electron chi connectivity index (χ2n) is 6.20. The van der Waals surface area contributed by atoms with Crippen LogP contribution < -0.4 is 5.32 Å². The van der Waals surface area contributed by atoms with Crippen molar-refractivity contribution in [2.45, 2.75) is 38.3 Å². The molecule has 138 valence electrons. The highest BCUT2D eigenvalue weighted by Crippen LogP contribution is 2.37. The minimum absolute atomic E-state index is 0.0134. The monoisotopic (exact) mass is 357 g/mol. The van der Waals surface area contributed by atoms with Gasteiger partial charge < -0.3 is 9.47 Å². The van der Waals surface area contributed by atoms with E-state index in [0.29, 0.717) is 12.1 Å². The summed E-state index contributed by atoms with van der Waals surface area (Å²) in [6.07, 6.45) is -0.999. The highest BCUT2D eigenvalue weighted by atomic mass is 17.2. The molecule has 0 saturated carbocycles. The van der Waals surface area contributed by atoms with Crippen LogP contribution in [0.4, 0.5) is 10.5 Å². The van der Waals surface area contributed by atoms with Crippen molar-refractivity contribution < 1.29 is 24.0 Å². The summed E-state index contributed by atoms with van der Waals surface area (Å²) >= 11 is 0. The lowest BCUT2D eigenvalue weighted by Crippen LogP contribution is -2.51. The molecule has 1 saturated heterocycles. The smallest absolute Gasteiger partial charge is 0.411 e. The molecule has 1 aliphatic rings. The van der Waals surface area contributed by atoms with Crippen LogP contribution in [-0.2, 0) is 24.8 Å². The molecule has 2 aromatic carbocycles. The standard InChI is InChI=1S/C20H23NO5/c1-3-18-24-20(2,15-10-6-4-7-11-15)17(25-26-18)14-23-19(22)21-16-12-8-5-9-13-16/h4-13,17-18H,3,14H2,1-2H3,(H,21,22). The van der Waals surface area contributed by atoms with E-state index in [1.165, 1.54) is 0 Å². The normalized spacial score (nSPS) is 25.5. The highest BCUT2D eigenvalue weighted by molar-refractivity contribution is 5.84. The van der Waals surface area contributed by atoms with Crippen LogP contribution in [0.5, 0.6) is 0 Å². The second kappa shape index (κ2) is 8.31. The third kappa shape index (κ3) is 4.22. The molecule has 0 radical (unpaired) electrons.